The molecule has 0 saturated carbocycles. The van der Waals surface area contributed by atoms with E-state index in [0.717, 1.165) is 5.56 Å². The van der Waals surface area contributed by atoms with Crippen molar-refractivity contribution >= 4 is 16.7 Å². The molecular weight excluding hydrogens is 556 g/mol. The molecule has 5 nitrogen and oxygen atoms in total. The second kappa shape index (κ2) is 10.0. The van der Waals surface area contributed by atoms with Crippen LogP contribution in [-0.4, -0.2) is 6.36 Å². The van der Waals surface area contributed by atoms with Crippen LogP contribution in [0.4, 0.5) is 17.6 Å². The van der Waals surface area contributed by atoms with Crippen LogP contribution >= 0.6 is 0 Å². The molecule has 6 rings (SSSR count). The molecule has 3 aliphatic carbocycles. The molecule has 3 aromatic rings. The van der Waals surface area contributed by atoms with Gasteiger partial charge in [0.2, 0.25) is 0 Å². The van der Waals surface area contributed by atoms with Gasteiger partial charge in [0.05, 0.1) is 0 Å². The summed E-state index contributed by atoms with van der Waals surface area (Å²) in [6.07, 6.45) is 0.698. The van der Waals surface area contributed by atoms with Crippen LogP contribution < -0.4 is 4.74 Å². The molecule has 43 heavy (non-hydrogen) atoms. The van der Waals surface area contributed by atoms with Crippen molar-refractivity contribution in [1.82, 2.24) is 0 Å². The van der Waals surface area contributed by atoms with Crippen LogP contribution in [0.25, 0.3) is 27.8 Å². The Kier molecular flexibility index (Phi) is 6.31. The van der Waals surface area contributed by atoms with Crippen LogP contribution in [0.1, 0.15) is 28.2 Å². The average Bonchev–Trinajstić information content (AvgIpc) is 3.15. The summed E-state index contributed by atoms with van der Waals surface area (Å²) >= 11 is 0. The Hall–Kier alpha value is -6.16. The maximum atomic E-state index is 14.3. The van der Waals surface area contributed by atoms with E-state index in [1.807, 2.05) is 42.5 Å². The number of fused-ring (bicyclic) bond motifs is 6. The fourth-order valence-electron chi connectivity index (χ4n) is 5.74. The van der Waals surface area contributed by atoms with Gasteiger partial charge in [0, 0.05) is 17.1 Å². The van der Waals surface area contributed by atoms with Gasteiger partial charge < -0.3 is 4.74 Å². The molecule has 3 aromatic carbocycles. The SMILES string of the molecule is N#CC(C#N)=C1C2=CC3=CC(C=C2c2ccc(F)cc21)c1ccc(-c2ccc(OC(F)(F)F)cc2)cc1C3=C(C#N)C#N. The molecule has 0 heterocycles. The molecule has 0 saturated heterocycles. The number of nitrogens with zero attached hydrogens (tertiary/aromatic N) is 4. The molecule has 0 N–H and O–H groups in total. The molecule has 0 aromatic heterocycles. The van der Waals surface area contributed by atoms with E-state index in [1.54, 1.807) is 24.3 Å². The summed E-state index contributed by atoms with van der Waals surface area (Å²) in [5.74, 6) is -1.26. The summed E-state index contributed by atoms with van der Waals surface area (Å²) in [4.78, 5) is 0. The number of rotatable bonds is 2. The first-order valence-electron chi connectivity index (χ1n) is 12.7. The lowest BCUT2D eigenvalue weighted by Crippen LogP contribution is -2.16. The summed E-state index contributed by atoms with van der Waals surface area (Å²) in [6, 6.07) is 22.6. The average molecular weight is 571 g/mol. The number of benzene rings is 3. The Labute approximate surface area is 242 Å². The Bertz CT molecular complexity index is 2050. The van der Waals surface area contributed by atoms with Gasteiger partial charge in [-0.3, -0.25) is 0 Å². The quantitative estimate of drug-likeness (QED) is 0.229. The molecule has 0 radical (unpaired) electrons. The molecule has 0 amide bonds. The van der Waals surface area contributed by atoms with E-state index < -0.39 is 12.2 Å². The number of hydrogen-bond donors (Lipinski definition) is 0. The summed E-state index contributed by atoms with van der Waals surface area (Å²) in [5, 5.41) is 39.4. The molecule has 3 aliphatic rings. The zero-order valence-electron chi connectivity index (χ0n) is 21.8. The van der Waals surface area contributed by atoms with Crippen LogP contribution in [0, 0.1) is 51.1 Å². The zero-order chi connectivity index (χ0) is 30.5. The third-order valence-electron chi connectivity index (χ3n) is 7.44. The molecule has 2 bridgehead atoms. The molecule has 0 fully saturated rings. The minimum absolute atomic E-state index is 0.176. The van der Waals surface area contributed by atoms with Crippen LogP contribution in [0.5, 0.6) is 5.75 Å². The summed E-state index contributed by atoms with van der Waals surface area (Å²) in [7, 11) is 0. The number of ether oxygens (including phenoxy) is 1. The van der Waals surface area contributed by atoms with Gasteiger partial charge in [-0.2, -0.15) is 21.0 Å². The van der Waals surface area contributed by atoms with Crippen LogP contribution in [0.15, 0.2) is 101 Å². The Morgan fingerprint density at radius 1 is 0.674 bits per heavy atom. The lowest BCUT2D eigenvalue weighted by atomic mass is 9.78. The summed E-state index contributed by atoms with van der Waals surface area (Å²) in [6.45, 7) is 0. The maximum Gasteiger partial charge on any atom is 0.573 e. The largest absolute Gasteiger partial charge is 0.573 e. The zero-order valence-corrected chi connectivity index (χ0v) is 21.8. The van der Waals surface area contributed by atoms with Crippen molar-refractivity contribution in [1.29, 1.82) is 21.0 Å². The lowest BCUT2D eigenvalue weighted by Gasteiger charge is -2.25. The van der Waals surface area contributed by atoms with E-state index in [-0.39, 0.29) is 28.4 Å². The predicted octanol–water partition coefficient (Wildman–Crippen LogP) is 8.05. The molecule has 204 valence electrons. The molecule has 1 unspecified atom stereocenters. The van der Waals surface area contributed by atoms with Crippen molar-refractivity contribution in [2.45, 2.75) is 12.3 Å². The summed E-state index contributed by atoms with van der Waals surface area (Å²) < 4.78 is 56.2. The molecule has 0 spiro atoms. The van der Waals surface area contributed by atoms with E-state index in [1.165, 1.54) is 36.4 Å². The minimum atomic E-state index is -4.83. The van der Waals surface area contributed by atoms with Crippen molar-refractivity contribution in [2.75, 3.05) is 0 Å². The van der Waals surface area contributed by atoms with Crippen molar-refractivity contribution in [3.05, 3.63) is 129 Å². The first-order chi connectivity index (χ1) is 20.6. The fraction of sp³-hybridized carbons (Fsp3) is 0.0588. The highest BCUT2D eigenvalue weighted by molar-refractivity contribution is 6.12. The number of hydrogen-bond acceptors (Lipinski definition) is 5. The maximum absolute atomic E-state index is 14.3. The number of halogens is 4. The second-order valence-electron chi connectivity index (χ2n) is 9.80. The third-order valence-corrected chi connectivity index (χ3v) is 7.44. The minimum Gasteiger partial charge on any atom is -0.406 e. The van der Waals surface area contributed by atoms with Gasteiger partial charge in [-0.1, -0.05) is 42.5 Å². The van der Waals surface area contributed by atoms with Crippen LogP contribution in [0.2, 0.25) is 0 Å². The van der Waals surface area contributed by atoms with Gasteiger partial charge in [-0.15, -0.1) is 13.2 Å². The topological polar surface area (TPSA) is 104 Å². The van der Waals surface area contributed by atoms with Gasteiger partial charge in [0.25, 0.3) is 0 Å². The van der Waals surface area contributed by atoms with Crippen molar-refractivity contribution in [3.8, 4) is 41.2 Å². The van der Waals surface area contributed by atoms with Gasteiger partial charge in [0.15, 0.2) is 0 Å². The second-order valence-corrected chi connectivity index (χ2v) is 9.80. The van der Waals surface area contributed by atoms with Crippen molar-refractivity contribution < 1.29 is 22.3 Å². The van der Waals surface area contributed by atoms with Gasteiger partial charge in [-0.05, 0) is 86.5 Å². The van der Waals surface area contributed by atoms with Gasteiger partial charge in [-0.25, -0.2) is 4.39 Å². The smallest absolute Gasteiger partial charge is 0.406 e. The fourth-order valence-corrected chi connectivity index (χ4v) is 5.74. The Morgan fingerprint density at radius 3 is 1.98 bits per heavy atom. The highest BCUT2D eigenvalue weighted by Gasteiger charge is 2.36. The van der Waals surface area contributed by atoms with Crippen LogP contribution in [0.3, 0.4) is 0 Å². The van der Waals surface area contributed by atoms with E-state index in [2.05, 4.69) is 4.74 Å². The number of alkyl halides is 3. The predicted molar refractivity (Wildman–Crippen MR) is 148 cm³/mol. The van der Waals surface area contributed by atoms with E-state index in [0.29, 0.717) is 50.1 Å². The van der Waals surface area contributed by atoms with Crippen LogP contribution in [-0.2, 0) is 0 Å². The normalized spacial score (nSPS) is 15.9. The van der Waals surface area contributed by atoms with E-state index >= 15 is 0 Å². The van der Waals surface area contributed by atoms with E-state index in [9.17, 15) is 38.6 Å². The number of allylic oxidation sites excluding steroid dienone is 10. The molecule has 0 aliphatic heterocycles. The summed E-state index contributed by atoms with van der Waals surface area (Å²) in [5.41, 5.74) is 5.46. The monoisotopic (exact) mass is 570 g/mol. The Morgan fingerprint density at radius 2 is 1.33 bits per heavy atom. The van der Waals surface area contributed by atoms with Gasteiger partial charge >= 0.3 is 6.36 Å². The molecular formula is C34H14F4N4O. The third kappa shape index (κ3) is 4.56. The standard InChI is InChI=1S/C34H14F4N4O/c35-24-4-8-27-28-11-20-9-21(12-30(28)33(31(27)13-24)23(16-41)17-42)32(22(14-39)15-40)29-10-19(3-7-26(20)29)18-1-5-25(6-2-18)43-34(36,37)38/h1-13,20H. The van der Waals surface area contributed by atoms with E-state index in [4.69, 9.17) is 0 Å². The highest BCUT2D eigenvalue weighted by Crippen LogP contribution is 2.53. The number of nitriles is 4. The highest BCUT2D eigenvalue weighted by atomic mass is 19.4. The molecule has 9 heteroatoms. The first kappa shape index (κ1) is 27.0. The van der Waals surface area contributed by atoms with Crippen molar-refractivity contribution in [2.24, 2.45) is 0 Å². The molecule has 1 atom stereocenters. The Balaban J connectivity index is 1.57. The lowest BCUT2D eigenvalue weighted by molar-refractivity contribution is -0.274. The van der Waals surface area contributed by atoms with Gasteiger partial charge in [0.1, 0.15) is 47.0 Å². The first-order valence-corrected chi connectivity index (χ1v) is 12.7. The van der Waals surface area contributed by atoms with Crippen molar-refractivity contribution in [3.63, 3.8) is 0 Å².